The first-order chi connectivity index (χ1) is 10.8. The zero-order chi connectivity index (χ0) is 15.4. The minimum absolute atomic E-state index is 0.0351. The fraction of sp³-hybridized carbons (Fsp3) is 0.421. The van der Waals surface area contributed by atoms with Crippen LogP contribution < -0.4 is 0 Å². The molecule has 116 valence electrons. The van der Waals surface area contributed by atoms with Gasteiger partial charge in [0.1, 0.15) is 5.76 Å². The molecule has 22 heavy (non-hydrogen) atoms. The molecule has 1 atom stereocenters. The summed E-state index contributed by atoms with van der Waals surface area (Å²) in [5.74, 6) is 1.43. The van der Waals surface area contributed by atoms with Crippen molar-refractivity contribution in [3.05, 3.63) is 48.2 Å². The summed E-state index contributed by atoms with van der Waals surface area (Å²) in [7, 11) is 0. The molecular weight excluding hydrogens is 274 g/mol. The van der Waals surface area contributed by atoms with Crippen LogP contribution >= 0.6 is 0 Å². The van der Waals surface area contributed by atoms with Crippen LogP contribution in [0.2, 0.25) is 0 Å². The lowest BCUT2D eigenvalue weighted by atomic mass is 9.99. The zero-order valence-corrected chi connectivity index (χ0v) is 13.1. The van der Waals surface area contributed by atoms with Crippen LogP contribution in [0, 0.1) is 5.92 Å². The first-order valence-corrected chi connectivity index (χ1v) is 8.19. The van der Waals surface area contributed by atoms with Gasteiger partial charge in [-0.25, -0.2) is 0 Å². The van der Waals surface area contributed by atoms with Gasteiger partial charge in [-0.15, -0.1) is 0 Å². The lowest BCUT2D eigenvalue weighted by molar-refractivity contribution is 0.0858. The minimum atomic E-state index is 0.0351. The molecule has 1 aromatic carbocycles. The van der Waals surface area contributed by atoms with Gasteiger partial charge < -0.3 is 9.32 Å². The number of nitrogens with zero attached hydrogens (tertiary/aromatic N) is 1. The molecule has 3 nitrogen and oxygen atoms in total. The lowest BCUT2D eigenvalue weighted by Crippen LogP contribution is -2.30. The Morgan fingerprint density at radius 2 is 1.86 bits per heavy atom. The number of hydrogen-bond donors (Lipinski definition) is 0. The molecule has 2 heterocycles. The molecule has 3 rings (SSSR count). The van der Waals surface area contributed by atoms with Crippen LogP contribution in [0.15, 0.2) is 46.9 Å². The van der Waals surface area contributed by atoms with E-state index in [1.807, 2.05) is 42.5 Å². The maximum absolute atomic E-state index is 12.7. The highest BCUT2D eigenvalue weighted by Gasteiger charge is 2.25. The normalized spacial score (nSPS) is 16.8. The Kier molecular flexibility index (Phi) is 4.74. The van der Waals surface area contributed by atoms with E-state index in [1.165, 1.54) is 12.8 Å². The van der Waals surface area contributed by atoms with Gasteiger partial charge in [-0.3, -0.25) is 4.79 Å². The van der Waals surface area contributed by atoms with Crippen molar-refractivity contribution in [3.63, 3.8) is 0 Å². The molecule has 3 heteroatoms. The molecule has 0 saturated carbocycles. The van der Waals surface area contributed by atoms with E-state index in [9.17, 15) is 4.79 Å². The molecule has 1 fully saturated rings. The molecule has 1 aliphatic rings. The van der Waals surface area contributed by atoms with E-state index in [1.54, 1.807) is 0 Å². The van der Waals surface area contributed by atoms with Gasteiger partial charge in [0.2, 0.25) is 5.78 Å². The summed E-state index contributed by atoms with van der Waals surface area (Å²) in [6, 6.07) is 13.6. The van der Waals surface area contributed by atoms with Gasteiger partial charge in [0.15, 0.2) is 5.76 Å². The molecular formula is C19H23NO2. The Labute approximate surface area is 131 Å². The predicted molar refractivity (Wildman–Crippen MR) is 87.9 cm³/mol. The summed E-state index contributed by atoms with van der Waals surface area (Å²) in [5.41, 5.74) is 1.01. The largest absolute Gasteiger partial charge is 0.453 e. The molecule has 0 spiro atoms. The van der Waals surface area contributed by atoms with Crippen LogP contribution in [0.5, 0.6) is 0 Å². The third kappa shape index (κ3) is 3.30. The number of likely N-dealkylation sites (tertiary alicyclic amines) is 1. The Morgan fingerprint density at radius 3 is 2.55 bits per heavy atom. The second-order valence-corrected chi connectivity index (χ2v) is 6.01. The maximum atomic E-state index is 12.7. The van der Waals surface area contributed by atoms with Gasteiger partial charge in [0, 0.05) is 18.0 Å². The average Bonchev–Trinajstić information content (AvgIpc) is 3.24. The van der Waals surface area contributed by atoms with Crippen LogP contribution in [0.1, 0.15) is 36.7 Å². The van der Waals surface area contributed by atoms with Crippen molar-refractivity contribution >= 4 is 5.78 Å². The van der Waals surface area contributed by atoms with E-state index < -0.39 is 0 Å². The van der Waals surface area contributed by atoms with E-state index >= 15 is 0 Å². The first kappa shape index (κ1) is 15.0. The Bertz CT molecular complexity index is 611. The van der Waals surface area contributed by atoms with E-state index in [2.05, 4.69) is 11.8 Å². The molecule has 0 aliphatic carbocycles. The number of rotatable bonds is 6. The summed E-state index contributed by atoms with van der Waals surface area (Å²) in [5, 5.41) is 0. The SMILES string of the molecule is CCC(CN1CCCC1)C(=O)c1ccc(-c2ccccc2)o1. The Morgan fingerprint density at radius 1 is 1.14 bits per heavy atom. The first-order valence-electron chi connectivity index (χ1n) is 8.19. The molecule has 1 unspecified atom stereocenters. The fourth-order valence-electron chi connectivity index (χ4n) is 3.10. The van der Waals surface area contributed by atoms with E-state index in [-0.39, 0.29) is 11.7 Å². The van der Waals surface area contributed by atoms with Gasteiger partial charge in [-0.1, -0.05) is 37.3 Å². The summed E-state index contributed by atoms with van der Waals surface area (Å²) < 4.78 is 5.81. The molecule has 0 bridgehead atoms. The molecule has 1 aromatic heterocycles. The van der Waals surface area contributed by atoms with Gasteiger partial charge >= 0.3 is 0 Å². The van der Waals surface area contributed by atoms with Crippen LogP contribution in [-0.4, -0.2) is 30.3 Å². The van der Waals surface area contributed by atoms with Crippen molar-refractivity contribution in [3.8, 4) is 11.3 Å². The van der Waals surface area contributed by atoms with Gasteiger partial charge in [0.05, 0.1) is 0 Å². The predicted octanol–water partition coefficient (Wildman–Crippen LogP) is 4.25. The minimum Gasteiger partial charge on any atom is -0.453 e. The molecule has 1 saturated heterocycles. The second kappa shape index (κ2) is 6.93. The van der Waals surface area contributed by atoms with Crippen molar-refractivity contribution in [2.45, 2.75) is 26.2 Å². The van der Waals surface area contributed by atoms with Crippen molar-refractivity contribution < 1.29 is 9.21 Å². The third-order valence-electron chi connectivity index (χ3n) is 4.45. The number of ketones is 1. The second-order valence-electron chi connectivity index (χ2n) is 6.01. The van der Waals surface area contributed by atoms with Crippen molar-refractivity contribution in [1.29, 1.82) is 0 Å². The monoisotopic (exact) mass is 297 g/mol. The maximum Gasteiger partial charge on any atom is 0.202 e. The van der Waals surface area contributed by atoms with Crippen molar-refractivity contribution in [2.75, 3.05) is 19.6 Å². The van der Waals surface area contributed by atoms with Gasteiger partial charge in [-0.05, 0) is 44.5 Å². The smallest absolute Gasteiger partial charge is 0.202 e. The van der Waals surface area contributed by atoms with Crippen LogP contribution in [0.25, 0.3) is 11.3 Å². The van der Waals surface area contributed by atoms with Crippen LogP contribution in [0.4, 0.5) is 0 Å². The Balaban J connectivity index is 1.72. The molecule has 0 amide bonds. The quantitative estimate of drug-likeness (QED) is 0.747. The number of benzene rings is 1. The summed E-state index contributed by atoms with van der Waals surface area (Å²) in [6.45, 7) is 5.19. The number of Topliss-reactive ketones (excluding diaryl/α,β-unsaturated/α-hetero) is 1. The summed E-state index contributed by atoms with van der Waals surface area (Å²) >= 11 is 0. The Hall–Kier alpha value is -1.87. The highest BCUT2D eigenvalue weighted by molar-refractivity contribution is 5.96. The topological polar surface area (TPSA) is 33.5 Å². The number of hydrogen-bond acceptors (Lipinski definition) is 3. The highest BCUT2D eigenvalue weighted by atomic mass is 16.3. The fourth-order valence-corrected chi connectivity index (χ4v) is 3.10. The highest BCUT2D eigenvalue weighted by Crippen LogP contribution is 2.24. The van der Waals surface area contributed by atoms with Crippen molar-refractivity contribution in [2.24, 2.45) is 5.92 Å². The zero-order valence-electron chi connectivity index (χ0n) is 13.1. The lowest BCUT2D eigenvalue weighted by Gasteiger charge is -2.20. The van der Waals surface area contributed by atoms with E-state index in [0.717, 1.165) is 37.4 Å². The van der Waals surface area contributed by atoms with E-state index in [4.69, 9.17) is 4.42 Å². The van der Waals surface area contributed by atoms with Crippen LogP contribution in [0.3, 0.4) is 0 Å². The van der Waals surface area contributed by atoms with Crippen molar-refractivity contribution in [1.82, 2.24) is 4.90 Å². The molecule has 0 radical (unpaired) electrons. The number of carbonyl (C=O) groups excluding carboxylic acids is 1. The molecule has 1 aliphatic heterocycles. The van der Waals surface area contributed by atoms with E-state index in [0.29, 0.717) is 5.76 Å². The molecule has 0 N–H and O–H groups in total. The standard InChI is InChI=1S/C19H23NO2/c1-2-15(14-20-12-6-7-13-20)19(21)18-11-10-17(22-18)16-8-4-3-5-9-16/h3-5,8-11,15H,2,6-7,12-14H2,1H3. The number of carbonyl (C=O) groups is 1. The average molecular weight is 297 g/mol. The summed E-state index contributed by atoms with van der Waals surface area (Å²) in [4.78, 5) is 15.1. The van der Waals surface area contributed by atoms with Gasteiger partial charge in [0.25, 0.3) is 0 Å². The summed E-state index contributed by atoms with van der Waals surface area (Å²) in [6.07, 6.45) is 3.36. The number of furan rings is 1. The van der Waals surface area contributed by atoms with Crippen LogP contribution in [-0.2, 0) is 0 Å². The van der Waals surface area contributed by atoms with Gasteiger partial charge in [-0.2, -0.15) is 0 Å². The molecule has 2 aromatic rings. The third-order valence-corrected chi connectivity index (χ3v) is 4.45.